The summed E-state index contributed by atoms with van der Waals surface area (Å²) in [5.74, 6) is -1.39. The second-order valence-electron chi connectivity index (χ2n) is 8.37. The Morgan fingerprint density at radius 2 is 1.87 bits per heavy atom. The first-order valence-electron chi connectivity index (χ1n) is 12.0. The molecule has 0 saturated carbocycles. The number of rotatable bonds is 9. The Morgan fingerprint density at radius 1 is 1.08 bits per heavy atom. The van der Waals surface area contributed by atoms with Crippen molar-refractivity contribution in [3.05, 3.63) is 73.6 Å². The molecule has 9 nitrogen and oxygen atoms in total. The fourth-order valence-corrected chi connectivity index (χ4v) is 5.76. The Kier molecular flexibility index (Phi) is 9.45. The number of thiophene rings is 1. The van der Waals surface area contributed by atoms with Gasteiger partial charge < -0.3 is 19.5 Å². The van der Waals surface area contributed by atoms with Crippen LogP contribution in [0.15, 0.2) is 41.5 Å². The summed E-state index contributed by atoms with van der Waals surface area (Å²) in [6.07, 6.45) is 3.87. The number of hydrogen-bond donors (Lipinski definition) is 2. The molecule has 2 aromatic carbocycles. The molecule has 0 spiro atoms. The predicted molar refractivity (Wildman–Crippen MR) is 150 cm³/mol. The Labute approximate surface area is 239 Å². The lowest BCUT2D eigenvalue weighted by molar-refractivity contribution is -0.136. The van der Waals surface area contributed by atoms with E-state index >= 15 is 0 Å². The Morgan fingerprint density at radius 3 is 2.62 bits per heavy atom. The topological polar surface area (TPSA) is 115 Å². The molecule has 0 atom stereocenters. The molecule has 0 unspecified atom stereocenters. The van der Waals surface area contributed by atoms with Gasteiger partial charge >= 0.3 is 17.8 Å². The van der Waals surface area contributed by atoms with E-state index in [0.29, 0.717) is 43.2 Å². The van der Waals surface area contributed by atoms with Crippen LogP contribution in [0.25, 0.3) is 0 Å². The maximum Gasteiger partial charge on any atom is 0.341 e. The fraction of sp³-hybridized carbons (Fsp3) is 0.259. The first-order chi connectivity index (χ1) is 18.8. The molecule has 1 aliphatic rings. The molecule has 3 aromatic rings. The van der Waals surface area contributed by atoms with Crippen molar-refractivity contribution in [1.82, 2.24) is 5.43 Å². The number of ether oxygens (including phenoxy) is 3. The van der Waals surface area contributed by atoms with Crippen LogP contribution >= 0.6 is 34.5 Å². The Bertz CT molecular complexity index is 1440. The number of halogens is 2. The number of benzene rings is 2. The van der Waals surface area contributed by atoms with Crippen molar-refractivity contribution >= 4 is 63.5 Å². The zero-order chi connectivity index (χ0) is 27.9. The summed E-state index contributed by atoms with van der Waals surface area (Å²) in [6, 6.07) is 10.1. The molecular weight excluding hydrogens is 565 g/mol. The van der Waals surface area contributed by atoms with Gasteiger partial charge in [0.2, 0.25) is 0 Å². The minimum Gasteiger partial charge on any atom is -0.496 e. The minimum atomic E-state index is -0.982. The van der Waals surface area contributed by atoms with E-state index in [2.05, 4.69) is 15.8 Å². The first-order valence-corrected chi connectivity index (χ1v) is 13.6. The second kappa shape index (κ2) is 13.0. The number of amides is 2. The van der Waals surface area contributed by atoms with Gasteiger partial charge in [-0.15, -0.1) is 11.3 Å². The van der Waals surface area contributed by atoms with Gasteiger partial charge in [0.1, 0.15) is 23.1 Å². The van der Waals surface area contributed by atoms with Crippen molar-refractivity contribution in [2.24, 2.45) is 5.10 Å². The quantitative estimate of drug-likeness (QED) is 0.149. The highest BCUT2D eigenvalue weighted by Crippen LogP contribution is 2.39. The molecule has 0 aliphatic heterocycles. The van der Waals surface area contributed by atoms with Gasteiger partial charge in [-0.1, -0.05) is 23.2 Å². The molecule has 1 aromatic heterocycles. The van der Waals surface area contributed by atoms with Crippen LogP contribution in [-0.4, -0.2) is 37.7 Å². The molecule has 0 fully saturated rings. The molecule has 12 heteroatoms. The minimum absolute atomic E-state index is 0.147. The normalized spacial score (nSPS) is 12.2. The van der Waals surface area contributed by atoms with E-state index in [1.807, 2.05) is 0 Å². The van der Waals surface area contributed by atoms with Crippen molar-refractivity contribution in [3.8, 4) is 11.5 Å². The van der Waals surface area contributed by atoms with Gasteiger partial charge in [-0.05, 0) is 73.7 Å². The lowest BCUT2D eigenvalue weighted by Gasteiger charge is -2.12. The third kappa shape index (κ3) is 6.89. The number of anilines is 1. The van der Waals surface area contributed by atoms with Crippen molar-refractivity contribution < 1.29 is 28.6 Å². The molecule has 39 heavy (non-hydrogen) atoms. The van der Waals surface area contributed by atoms with Crippen LogP contribution in [0.2, 0.25) is 10.0 Å². The van der Waals surface area contributed by atoms with Crippen molar-refractivity contribution in [2.75, 3.05) is 19.0 Å². The maximum absolute atomic E-state index is 12.5. The molecule has 4 rings (SSSR count). The van der Waals surface area contributed by atoms with Crippen molar-refractivity contribution in [1.29, 1.82) is 0 Å². The first kappa shape index (κ1) is 28.4. The van der Waals surface area contributed by atoms with Crippen LogP contribution in [0.5, 0.6) is 11.5 Å². The highest BCUT2D eigenvalue weighted by molar-refractivity contribution is 7.17. The summed E-state index contributed by atoms with van der Waals surface area (Å²) < 4.78 is 16.3. The van der Waals surface area contributed by atoms with Crippen LogP contribution in [0, 0.1) is 0 Å². The standard InChI is InChI=1S/C27H25Cl2N3O6S/c1-3-37-27(35)23-18-5-4-6-22(18)39-26(23)31-24(33)25(34)32-30-13-15-7-9-20(36-2)16(11-15)14-38-21-10-8-17(28)12-19(21)29/h7-13H,3-6,14H2,1-2H3,(H,31,33)(H,32,34)/b30-13+. The fourth-order valence-electron chi connectivity index (χ4n) is 4.03. The lowest BCUT2D eigenvalue weighted by atomic mass is 10.1. The molecule has 0 bridgehead atoms. The highest BCUT2D eigenvalue weighted by atomic mass is 35.5. The largest absolute Gasteiger partial charge is 0.496 e. The number of carbonyl (C=O) groups excluding carboxylic acids is 3. The van der Waals surface area contributed by atoms with Gasteiger partial charge in [-0.2, -0.15) is 5.10 Å². The van der Waals surface area contributed by atoms with Crippen LogP contribution in [0.1, 0.15) is 45.3 Å². The maximum atomic E-state index is 12.5. The number of esters is 1. The number of aryl methyl sites for hydroxylation is 1. The van der Waals surface area contributed by atoms with E-state index in [-0.39, 0.29) is 13.2 Å². The highest BCUT2D eigenvalue weighted by Gasteiger charge is 2.29. The van der Waals surface area contributed by atoms with E-state index in [9.17, 15) is 14.4 Å². The molecule has 1 heterocycles. The third-order valence-corrected chi connectivity index (χ3v) is 7.53. The monoisotopic (exact) mass is 589 g/mol. The molecule has 1 aliphatic carbocycles. The van der Waals surface area contributed by atoms with Crippen LogP contribution in [0.4, 0.5) is 5.00 Å². The average molecular weight is 590 g/mol. The van der Waals surface area contributed by atoms with E-state index in [1.165, 1.54) is 24.7 Å². The average Bonchev–Trinajstić information content (AvgIpc) is 3.49. The van der Waals surface area contributed by atoms with Gasteiger partial charge in [0, 0.05) is 15.5 Å². The zero-order valence-electron chi connectivity index (χ0n) is 21.1. The smallest absolute Gasteiger partial charge is 0.341 e. The number of nitrogens with zero attached hydrogens (tertiary/aromatic N) is 1. The van der Waals surface area contributed by atoms with Crippen LogP contribution in [0.3, 0.4) is 0 Å². The molecule has 2 N–H and O–H groups in total. The molecule has 0 radical (unpaired) electrons. The molecule has 204 valence electrons. The second-order valence-corrected chi connectivity index (χ2v) is 10.3. The van der Waals surface area contributed by atoms with Crippen LogP contribution in [-0.2, 0) is 33.8 Å². The van der Waals surface area contributed by atoms with E-state index < -0.39 is 17.8 Å². The number of fused-ring (bicyclic) bond motifs is 1. The van der Waals surface area contributed by atoms with E-state index in [0.717, 1.165) is 29.7 Å². The van der Waals surface area contributed by atoms with Gasteiger partial charge in [0.25, 0.3) is 0 Å². The van der Waals surface area contributed by atoms with Gasteiger partial charge in [-0.3, -0.25) is 9.59 Å². The predicted octanol–water partition coefficient (Wildman–Crippen LogP) is 5.40. The number of hydrazone groups is 1. The Hall–Kier alpha value is -3.60. The van der Waals surface area contributed by atoms with Gasteiger partial charge in [0.15, 0.2) is 0 Å². The number of hydrogen-bond acceptors (Lipinski definition) is 8. The number of methoxy groups -OCH3 is 1. The molecular formula is C27H25Cl2N3O6S. The Balaban J connectivity index is 1.39. The summed E-state index contributed by atoms with van der Waals surface area (Å²) in [4.78, 5) is 38.4. The van der Waals surface area contributed by atoms with Gasteiger partial charge in [-0.25, -0.2) is 10.2 Å². The summed E-state index contributed by atoms with van der Waals surface area (Å²) in [7, 11) is 1.54. The summed E-state index contributed by atoms with van der Waals surface area (Å²) in [6.45, 7) is 2.07. The lowest BCUT2D eigenvalue weighted by Crippen LogP contribution is -2.32. The van der Waals surface area contributed by atoms with Crippen molar-refractivity contribution in [2.45, 2.75) is 32.8 Å². The van der Waals surface area contributed by atoms with Crippen molar-refractivity contribution in [3.63, 3.8) is 0 Å². The summed E-state index contributed by atoms with van der Waals surface area (Å²) in [5, 5.41) is 7.60. The van der Waals surface area contributed by atoms with E-state index in [4.69, 9.17) is 37.4 Å². The van der Waals surface area contributed by atoms with Gasteiger partial charge in [0.05, 0.1) is 30.5 Å². The summed E-state index contributed by atoms with van der Waals surface area (Å²) >= 11 is 13.4. The van der Waals surface area contributed by atoms with Crippen LogP contribution < -0.4 is 20.2 Å². The summed E-state index contributed by atoms with van der Waals surface area (Å²) in [5.41, 5.74) is 4.74. The van der Waals surface area contributed by atoms with E-state index in [1.54, 1.807) is 43.3 Å². The zero-order valence-corrected chi connectivity index (χ0v) is 23.5. The number of nitrogens with one attached hydrogen (secondary N) is 2. The molecule has 2 amide bonds. The molecule has 0 saturated heterocycles. The number of carbonyl (C=O) groups is 3. The SMILES string of the molecule is CCOC(=O)c1c(NC(=O)C(=O)N/N=C/c2ccc(OC)c(COc3ccc(Cl)cc3Cl)c2)sc2c1CCC2. The third-order valence-electron chi connectivity index (χ3n) is 5.80.